The molecule has 4 rings (SSSR count). The highest BCUT2D eigenvalue weighted by molar-refractivity contribution is 7.10. The van der Waals surface area contributed by atoms with Crippen LogP contribution >= 0.6 is 11.3 Å². The highest BCUT2D eigenvalue weighted by atomic mass is 32.1. The molecule has 2 aliphatic heterocycles. The Kier molecular flexibility index (Phi) is 5.28. The van der Waals surface area contributed by atoms with Crippen LogP contribution in [0.5, 0.6) is 5.75 Å². The van der Waals surface area contributed by atoms with E-state index >= 15 is 0 Å². The number of carbonyl (C=O) groups excluding carboxylic acids is 1. The van der Waals surface area contributed by atoms with Crippen molar-refractivity contribution in [3.8, 4) is 5.75 Å². The molecule has 7 heteroatoms. The summed E-state index contributed by atoms with van der Waals surface area (Å²) in [6, 6.07) is 7.81. The predicted molar refractivity (Wildman–Crippen MR) is 113 cm³/mol. The molecule has 2 aromatic rings. The van der Waals surface area contributed by atoms with Crippen LogP contribution in [0.4, 0.5) is 10.5 Å². The van der Waals surface area contributed by atoms with Gasteiger partial charge in [0.25, 0.3) is 0 Å². The lowest BCUT2D eigenvalue weighted by molar-refractivity contribution is 0.168. The normalized spacial score (nSPS) is 19.4. The van der Waals surface area contributed by atoms with Crippen molar-refractivity contribution in [1.29, 1.82) is 0 Å². The van der Waals surface area contributed by atoms with Gasteiger partial charge in [0.1, 0.15) is 11.9 Å². The summed E-state index contributed by atoms with van der Waals surface area (Å²) in [5.74, 6) is 0.835. The number of carbonyl (C=O) groups is 1. The second-order valence-corrected chi connectivity index (χ2v) is 8.35. The number of ether oxygens (including phenoxy) is 1. The van der Waals surface area contributed by atoms with Crippen molar-refractivity contribution >= 4 is 28.8 Å². The molecule has 1 aromatic carbocycles. The van der Waals surface area contributed by atoms with Crippen molar-refractivity contribution in [3.05, 3.63) is 51.3 Å². The lowest BCUT2D eigenvalue weighted by Crippen LogP contribution is -2.37. The summed E-state index contributed by atoms with van der Waals surface area (Å²) >= 11 is 1.63. The van der Waals surface area contributed by atoms with Gasteiger partial charge in [0, 0.05) is 22.7 Å². The Morgan fingerprint density at radius 2 is 2.21 bits per heavy atom. The molecule has 0 radical (unpaired) electrons. The van der Waals surface area contributed by atoms with Gasteiger partial charge in [-0.25, -0.2) is 4.79 Å². The number of benzene rings is 1. The Hall–Kier alpha value is -2.51. The third-order valence-corrected chi connectivity index (χ3v) is 6.20. The molecular formula is C21H26N4O2S. The number of nitrogens with two attached hydrogens (primary N) is 1. The van der Waals surface area contributed by atoms with Crippen LogP contribution in [0.15, 0.2) is 35.3 Å². The molecule has 2 amide bonds. The van der Waals surface area contributed by atoms with Crippen molar-refractivity contribution in [2.45, 2.75) is 39.3 Å². The Morgan fingerprint density at radius 1 is 1.36 bits per heavy atom. The quantitative estimate of drug-likeness (QED) is 0.730. The number of thiophene rings is 1. The summed E-state index contributed by atoms with van der Waals surface area (Å²) in [5, 5.41) is 8.97. The van der Waals surface area contributed by atoms with Crippen LogP contribution in [0.25, 0.3) is 5.70 Å². The predicted octanol–water partition coefficient (Wildman–Crippen LogP) is 3.88. The number of urea groups is 1. The number of primary amides is 1. The van der Waals surface area contributed by atoms with Gasteiger partial charge in [-0.2, -0.15) is 0 Å². The molecule has 2 aliphatic rings. The van der Waals surface area contributed by atoms with E-state index in [0.29, 0.717) is 6.54 Å². The maximum Gasteiger partial charge on any atom is 0.319 e. The largest absolute Gasteiger partial charge is 0.487 e. The number of anilines is 1. The number of allylic oxidation sites excluding steroid dienone is 1. The smallest absolute Gasteiger partial charge is 0.319 e. The van der Waals surface area contributed by atoms with Crippen LogP contribution in [-0.4, -0.2) is 30.1 Å². The molecule has 1 fully saturated rings. The van der Waals surface area contributed by atoms with Gasteiger partial charge in [0.05, 0.1) is 17.9 Å². The van der Waals surface area contributed by atoms with Crippen molar-refractivity contribution < 1.29 is 9.53 Å². The maximum absolute atomic E-state index is 11.9. The number of fused-ring (bicyclic) bond motifs is 1. The molecule has 1 aromatic heterocycles. The van der Waals surface area contributed by atoms with E-state index < -0.39 is 6.03 Å². The standard InChI is InChI=1S/C21H26N4O2S/c1-13-5-6-17(18(10-13)27-15-4-3-8-23-11-15)24-20-14(2)25(21(22)26)12-19-16(20)7-9-28-19/h5-7,9-10,15,23-24H,3-4,8,11-12H2,1-2H3,(H2,22,26). The third-order valence-electron chi connectivity index (χ3n) is 5.29. The Balaban J connectivity index is 1.67. The molecule has 28 heavy (non-hydrogen) atoms. The Labute approximate surface area is 169 Å². The minimum Gasteiger partial charge on any atom is -0.487 e. The summed E-state index contributed by atoms with van der Waals surface area (Å²) in [6.45, 7) is 6.42. The molecule has 1 atom stereocenters. The first-order valence-corrected chi connectivity index (χ1v) is 10.5. The van der Waals surface area contributed by atoms with Gasteiger partial charge >= 0.3 is 6.03 Å². The summed E-state index contributed by atoms with van der Waals surface area (Å²) in [5.41, 5.74) is 10.5. The summed E-state index contributed by atoms with van der Waals surface area (Å²) < 4.78 is 6.34. The number of nitrogens with zero attached hydrogens (tertiary/aromatic N) is 1. The zero-order valence-corrected chi connectivity index (χ0v) is 17.1. The number of piperidine rings is 1. The SMILES string of the molecule is CC1=C(Nc2ccc(C)cc2OC2CCCNC2)c2ccsc2CN1C(N)=O. The van der Waals surface area contributed by atoms with Gasteiger partial charge in [-0.1, -0.05) is 6.07 Å². The van der Waals surface area contributed by atoms with Crippen molar-refractivity contribution in [3.63, 3.8) is 0 Å². The fraction of sp³-hybridized carbons (Fsp3) is 0.381. The number of rotatable bonds is 4. The monoisotopic (exact) mass is 398 g/mol. The highest BCUT2D eigenvalue weighted by Gasteiger charge is 2.27. The highest BCUT2D eigenvalue weighted by Crippen LogP contribution is 2.38. The van der Waals surface area contributed by atoms with Crippen LogP contribution in [0.1, 0.15) is 35.8 Å². The molecule has 3 heterocycles. The van der Waals surface area contributed by atoms with Gasteiger partial charge in [0.2, 0.25) is 0 Å². The van der Waals surface area contributed by atoms with Crippen LogP contribution in [-0.2, 0) is 6.54 Å². The zero-order chi connectivity index (χ0) is 19.7. The topological polar surface area (TPSA) is 79.6 Å². The second kappa shape index (κ2) is 7.85. The lowest BCUT2D eigenvalue weighted by Gasteiger charge is -2.30. The molecule has 4 N–H and O–H groups in total. The summed E-state index contributed by atoms with van der Waals surface area (Å²) in [4.78, 5) is 14.7. The minimum absolute atomic E-state index is 0.163. The second-order valence-electron chi connectivity index (χ2n) is 7.35. The molecule has 0 spiro atoms. The van der Waals surface area contributed by atoms with Crippen molar-refractivity contribution in [1.82, 2.24) is 10.2 Å². The first-order chi connectivity index (χ1) is 13.5. The number of aryl methyl sites for hydroxylation is 1. The number of nitrogens with one attached hydrogen (secondary N) is 2. The molecule has 0 bridgehead atoms. The van der Waals surface area contributed by atoms with Gasteiger partial charge in [0.15, 0.2) is 0 Å². The first kappa shape index (κ1) is 18.8. The molecule has 0 saturated carbocycles. The summed E-state index contributed by atoms with van der Waals surface area (Å²) in [7, 11) is 0. The van der Waals surface area contributed by atoms with Gasteiger partial charge in [-0.3, -0.25) is 4.90 Å². The van der Waals surface area contributed by atoms with E-state index in [-0.39, 0.29) is 6.10 Å². The molecule has 148 valence electrons. The molecular weight excluding hydrogens is 372 g/mol. The third kappa shape index (κ3) is 3.72. The van der Waals surface area contributed by atoms with Gasteiger partial charge in [-0.05, 0) is 62.4 Å². The maximum atomic E-state index is 11.9. The Morgan fingerprint density at radius 3 is 2.96 bits per heavy atom. The van der Waals surface area contributed by atoms with E-state index in [0.717, 1.165) is 64.8 Å². The van der Waals surface area contributed by atoms with E-state index in [1.165, 1.54) is 0 Å². The summed E-state index contributed by atoms with van der Waals surface area (Å²) in [6.07, 6.45) is 2.33. The number of hydrogen-bond donors (Lipinski definition) is 3. The lowest BCUT2D eigenvalue weighted by atomic mass is 10.1. The molecule has 0 aliphatic carbocycles. The number of hydrogen-bond acceptors (Lipinski definition) is 5. The van der Waals surface area contributed by atoms with Gasteiger partial charge in [-0.15, -0.1) is 11.3 Å². The fourth-order valence-corrected chi connectivity index (χ4v) is 4.61. The number of amides is 2. The fourth-order valence-electron chi connectivity index (χ4n) is 3.74. The zero-order valence-electron chi connectivity index (χ0n) is 16.2. The van der Waals surface area contributed by atoms with E-state index in [1.54, 1.807) is 16.2 Å². The van der Waals surface area contributed by atoms with Crippen LogP contribution in [0.3, 0.4) is 0 Å². The molecule has 1 saturated heterocycles. The van der Waals surface area contributed by atoms with Crippen LogP contribution < -0.4 is 21.1 Å². The first-order valence-electron chi connectivity index (χ1n) is 9.62. The minimum atomic E-state index is -0.440. The van der Waals surface area contributed by atoms with E-state index in [4.69, 9.17) is 10.5 Å². The van der Waals surface area contributed by atoms with Gasteiger partial charge < -0.3 is 21.1 Å². The van der Waals surface area contributed by atoms with E-state index in [2.05, 4.69) is 35.8 Å². The molecule has 6 nitrogen and oxygen atoms in total. The molecule has 1 unspecified atom stereocenters. The Bertz CT molecular complexity index is 915. The van der Waals surface area contributed by atoms with Crippen LogP contribution in [0.2, 0.25) is 0 Å². The van der Waals surface area contributed by atoms with Crippen LogP contribution in [0, 0.1) is 6.92 Å². The van der Waals surface area contributed by atoms with Crippen molar-refractivity contribution in [2.75, 3.05) is 18.4 Å². The average Bonchev–Trinajstić information content (AvgIpc) is 3.14. The van der Waals surface area contributed by atoms with E-state index in [9.17, 15) is 4.79 Å². The van der Waals surface area contributed by atoms with E-state index in [1.807, 2.05) is 18.4 Å². The average molecular weight is 399 g/mol. The van der Waals surface area contributed by atoms with Crippen molar-refractivity contribution in [2.24, 2.45) is 5.73 Å².